The van der Waals surface area contributed by atoms with Gasteiger partial charge in [0, 0.05) is 17.7 Å². The van der Waals surface area contributed by atoms with E-state index in [-0.39, 0.29) is 0 Å². The third-order valence-corrected chi connectivity index (χ3v) is 2.83. The van der Waals surface area contributed by atoms with Crippen molar-refractivity contribution in [2.45, 2.75) is 39.0 Å². The molecule has 0 amide bonds. The Morgan fingerprint density at radius 2 is 2.31 bits per heavy atom. The molecule has 0 saturated carbocycles. The lowest BCUT2D eigenvalue weighted by Crippen LogP contribution is -2.00. The van der Waals surface area contributed by atoms with Crippen LogP contribution < -0.4 is 0 Å². The molecule has 0 fully saturated rings. The monoisotopic (exact) mass is 194 g/mol. The number of fused-ring (bicyclic) bond motifs is 1. The Morgan fingerprint density at radius 3 is 3.08 bits per heavy atom. The molecule has 1 aliphatic rings. The minimum Gasteiger partial charge on any atom is -0.347 e. The van der Waals surface area contributed by atoms with Crippen LogP contribution in [0.3, 0.4) is 0 Å². The summed E-state index contributed by atoms with van der Waals surface area (Å²) in [5.74, 6) is 1.06. The average molecular weight is 194 g/mol. The maximum atomic E-state index is 5.25. The molecule has 2 rings (SSSR count). The van der Waals surface area contributed by atoms with Gasteiger partial charge in [-0.05, 0) is 25.7 Å². The minimum absolute atomic E-state index is 0.828. The molecule has 0 radical (unpaired) electrons. The molecule has 1 heterocycles. The highest BCUT2D eigenvalue weighted by molar-refractivity contribution is 7.71. The molecule has 70 valence electrons. The molecule has 1 aromatic heterocycles. The maximum Gasteiger partial charge on any atom is 0.133 e. The number of H-pyrrole nitrogens is 1. The molecule has 13 heavy (non-hydrogen) atoms. The van der Waals surface area contributed by atoms with Crippen LogP contribution in [0.1, 0.15) is 36.8 Å². The van der Waals surface area contributed by atoms with E-state index in [1.807, 2.05) is 0 Å². The molecule has 0 aliphatic heterocycles. The fourth-order valence-corrected chi connectivity index (χ4v) is 2.20. The van der Waals surface area contributed by atoms with Crippen LogP contribution >= 0.6 is 12.2 Å². The average Bonchev–Trinajstić information content (AvgIpc) is 2.53. The summed E-state index contributed by atoms with van der Waals surface area (Å²) in [6.07, 6.45) is 5.63. The minimum atomic E-state index is 0.828. The number of rotatable bonds is 2. The molecule has 3 heteroatoms. The van der Waals surface area contributed by atoms with E-state index in [0.29, 0.717) is 0 Å². The predicted octanol–water partition coefficient (Wildman–Crippen LogP) is 2.58. The van der Waals surface area contributed by atoms with Gasteiger partial charge in [0.25, 0.3) is 0 Å². The van der Waals surface area contributed by atoms with Crippen LogP contribution in [0.25, 0.3) is 0 Å². The first-order valence-corrected chi connectivity index (χ1v) is 5.33. The van der Waals surface area contributed by atoms with Crippen molar-refractivity contribution in [3.8, 4) is 0 Å². The second-order valence-corrected chi connectivity index (χ2v) is 3.94. The van der Waals surface area contributed by atoms with E-state index >= 15 is 0 Å². The fraction of sp³-hybridized carbons (Fsp3) is 0.600. The second kappa shape index (κ2) is 3.58. The number of aromatic amines is 1. The van der Waals surface area contributed by atoms with Crippen molar-refractivity contribution in [3.63, 3.8) is 0 Å². The summed E-state index contributed by atoms with van der Waals surface area (Å²) in [6, 6.07) is 0. The van der Waals surface area contributed by atoms with Gasteiger partial charge in [-0.2, -0.15) is 0 Å². The molecular formula is C10H14N2S. The van der Waals surface area contributed by atoms with E-state index in [1.165, 1.54) is 17.7 Å². The van der Waals surface area contributed by atoms with Gasteiger partial charge in [0.15, 0.2) is 0 Å². The lowest BCUT2D eigenvalue weighted by Gasteiger charge is -2.03. The zero-order valence-corrected chi connectivity index (χ0v) is 8.71. The van der Waals surface area contributed by atoms with Gasteiger partial charge in [0.1, 0.15) is 10.5 Å². The van der Waals surface area contributed by atoms with E-state index in [2.05, 4.69) is 16.9 Å². The summed E-state index contributed by atoms with van der Waals surface area (Å²) in [6.45, 7) is 2.16. The van der Waals surface area contributed by atoms with Crippen LogP contribution in [0.4, 0.5) is 0 Å². The van der Waals surface area contributed by atoms with Crippen molar-refractivity contribution in [2.24, 2.45) is 0 Å². The summed E-state index contributed by atoms with van der Waals surface area (Å²) in [5.41, 5.74) is 2.62. The Bertz CT molecular complexity index is 368. The van der Waals surface area contributed by atoms with Gasteiger partial charge in [0.05, 0.1) is 0 Å². The Kier molecular flexibility index (Phi) is 2.44. The summed E-state index contributed by atoms with van der Waals surface area (Å²) >= 11 is 5.25. The molecule has 1 aliphatic carbocycles. The lowest BCUT2D eigenvalue weighted by molar-refractivity contribution is 0.812. The van der Waals surface area contributed by atoms with Crippen LogP contribution in [-0.2, 0) is 19.3 Å². The highest BCUT2D eigenvalue weighted by atomic mass is 32.1. The number of hydrogen-bond donors (Lipinski definition) is 1. The van der Waals surface area contributed by atoms with E-state index in [0.717, 1.165) is 36.1 Å². The van der Waals surface area contributed by atoms with Gasteiger partial charge in [-0.3, -0.25) is 0 Å². The van der Waals surface area contributed by atoms with E-state index < -0.39 is 0 Å². The van der Waals surface area contributed by atoms with Crippen LogP contribution in [0.2, 0.25) is 0 Å². The SMILES string of the molecule is CCCc1nc(=S)c2c([nH]1)CCC2. The maximum absolute atomic E-state index is 5.25. The molecule has 1 N–H and O–H groups in total. The Balaban J connectivity index is 2.44. The second-order valence-electron chi connectivity index (χ2n) is 3.55. The molecule has 0 saturated heterocycles. The van der Waals surface area contributed by atoms with Gasteiger partial charge in [-0.15, -0.1) is 0 Å². The topological polar surface area (TPSA) is 28.7 Å². The molecule has 0 aromatic carbocycles. The fourth-order valence-electron chi connectivity index (χ4n) is 1.87. The van der Waals surface area contributed by atoms with Crippen molar-refractivity contribution >= 4 is 12.2 Å². The first-order chi connectivity index (χ1) is 6.31. The third-order valence-electron chi connectivity index (χ3n) is 2.49. The zero-order chi connectivity index (χ0) is 9.26. The van der Waals surface area contributed by atoms with Gasteiger partial charge in [-0.1, -0.05) is 19.1 Å². The van der Waals surface area contributed by atoms with Gasteiger partial charge >= 0.3 is 0 Å². The van der Waals surface area contributed by atoms with Gasteiger partial charge in [0.2, 0.25) is 0 Å². The Hall–Kier alpha value is -0.700. The van der Waals surface area contributed by atoms with Crippen LogP contribution in [-0.4, -0.2) is 9.97 Å². The lowest BCUT2D eigenvalue weighted by atomic mass is 10.2. The molecule has 0 spiro atoms. The van der Waals surface area contributed by atoms with Crippen molar-refractivity contribution in [2.75, 3.05) is 0 Å². The third kappa shape index (κ3) is 1.66. The smallest absolute Gasteiger partial charge is 0.133 e. The normalized spacial score (nSPS) is 14.5. The largest absolute Gasteiger partial charge is 0.347 e. The number of aryl methyl sites for hydroxylation is 2. The summed E-state index contributed by atoms with van der Waals surface area (Å²) in [4.78, 5) is 7.78. The van der Waals surface area contributed by atoms with Crippen LogP contribution in [0.5, 0.6) is 0 Å². The number of aromatic nitrogens is 2. The highest BCUT2D eigenvalue weighted by Crippen LogP contribution is 2.20. The van der Waals surface area contributed by atoms with Crippen molar-refractivity contribution in [1.29, 1.82) is 0 Å². The van der Waals surface area contributed by atoms with Crippen LogP contribution in [0, 0.1) is 4.64 Å². The standard InChI is InChI=1S/C10H14N2S/c1-2-4-9-11-8-6-3-5-7(8)10(13)12-9/h2-6H2,1H3,(H,11,12,13). The first kappa shape index (κ1) is 8.88. The van der Waals surface area contributed by atoms with Crippen molar-refractivity contribution in [3.05, 3.63) is 21.7 Å². The van der Waals surface area contributed by atoms with Crippen molar-refractivity contribution in [1.82, 2.24) is 9.97 Å². The van der Waals surface area contributed by atoms with E-state index in [4.69, 9.17) is 12.2 Å². The summed E-state index contributed by atoms with van der Waals surface area (Å²) in [7, 11) is 0. The summed E-state index contributed by atoms with van der Waals surface area (Å²) in [5, 5.41) is 0. The van der Waals surface area contributed by atoms with Gasteiger partial charge < -0.3 is 4.98 Å². The Labute approximate surface area is 83.4 Å². The van der Waals surface area contributed by atoms with Gasteiger partial charge in [-0.25, -0.2) is 4.98 Å². The number of hydrogen-bond acceptors (Lipinski definition) is 2. The first-order valence-electron chi connectivity index (χ1n) is 4.92. The zero-order valence-electron chi connectivity index (χ0n) is 7.89. The van der Waals surface area contributed by atoms with Crippen LogP contribution in [0.15, 0.2) is 0 Å². The van der Waals surface area contributed by atoms with Crippen molar-refractivity contribution < 1.29 is 0 Å². The molecular weight excluding hydrogens is 180 g/mol. The number of nitrogens with zero attached hydrogens (tertiary/aromatic N) is 1. The highest BCUT2D eigenvalue weighted by Gasteiger charge is 2.13. The molecule has 1 aromatic rings. The quantitative estimate of drug-likeness (QED) is 0.733. The molecule has 0 atom stereocenters. The molecule has 2 nitrogen and oxygen atoms in total. The van der Waals surface area contributed by atoms with E-state index in [1.54, 1.807) is 0 Å². The van der Waals surface area contributed by atoms with E-state index in [9.17, 15) is 0 Å². The predicted molar refractivity (Wildman–Crippen MR) is 55.4 cm³/mol. The Morgan fingerprint density at radius 1 is 1.46 bits per heavy atom. The number of nitrogens with one attached hydrogen (secondary N) is 1. The molecule has 0 bridgehead atoms. The summed E-state index contributed by atoms with van der Waals surface area (Å²) < 4.78 is 0.828. The molecule has 0 unspecified atom stereocenters.